The van der Waals surface area contributed by atoms with Gasteiger partial charge >= 0.3 is 0 Å². The summed E-state index contributed by atoms with van der Waals surface area (Å²) in [4.78, 5) is 26.5. The quantitative estimate of drug-likeness (QED) is 0.695. The van der Waals surface area contributed by atoms with Crippen LogP contribution < -0.4 is 5.56 Å². The number of benzene rings is 2. The Hall–Kier alpha value is -3.16. The van der Waals surface area contributed by atoms with Gasteiger partial charge in [0.2, 0.25) is 0 Å². The highest BCUT2D eigenvalue weighted by atomic mass is 19.1. The first-order valence-corrected chi connectivity index (χ1v) is 8.64. The maximum Gasteiger partial charge on any atom is 0.277 e. The van der Waals surface area contributed by atoms with Gasteiger partial charge in [0.05, 0.1) is 11.4 Å². The van der Waals surface area contributed by atoms with Crippen molar-refractivity contribution in [2.45, 2.75) is 18.9 Å². The van der Waals surface area contributed by atoms with Crippen LogP contribution in [0.1, 0.15) is 29.2 Å². The predicted molar refractivity (Wildman–Crippen MR) is 94.3 cm³/mol. The monoisotopic (exact) mass is 370 g/mol. The Labute approximate surface area is 153 Å². The number of hydrogen-bond donors (Lipinski definition) is 0. The number of amides is 1. The van der Waals surface area contributed by atoms with Gasteiger partial charge in [-0.05, 0) is 37.1 Å². The van der Waals surface area contributed by atoms with E-state index in [4.69, 9.17) is 0 Å². The number of rotatable bonds is 2. The van der Waals surface area contributed by atoms with E-state index >= 15 is 0 Å². The fourth-order valence-electron chi connectivity index (χ4n) is 3.41. The lowest BCUT2D eigenvalue weighted by Crippen LogP contribution is -2.42. The van der Waals surface area contributed by atoms with E-state index in [0.717, 1.165) is 12.1 Å². The Kier molecular flexibility index (Phi) is 4.39. The number of aromatic nitrogens is 3. The van der Waals surface area contributed by atoms with Gasteiger partial charge in [-0.1, -0.05) is 23.4 Å². The van der Waals surface area contributed by atoms with Crippen LogP contribution in [0.5, 0.6) is 0 Å². The Bertz CT molecular complexity index is 1050. The largest absolute Gasteiger partial charge is 0.338 e. The van der Waals surface area contributed by atoms with Gasteiger partial charge in [-0.2, -0.15) is 0 Å². The maximum absolute atomic E-state index is 13.8. The fourth-order valence-corrected chi connectivity index (χ4v) is 3.41. The molecule has 6 nitrogen and oxygen atoms in total. The van der Waals surface area contributed by atoms with Gasteiger partial charge in [0.25, 0.3) is 11.5 Å². The topological polar surface area (TPSA) is 68.1 Å². The highest BCUT2D eigenvalue weighted by Crippen LogP contribution is 2.23. The number of hydrogen-bond acceptors (Lipinski definition) is 4. The van der Waals surface area contributed by atoms with E-state index in [-0.39, 0.29) is 24.7 Å². The van der Waals surface area contributed by atoms with Gasteiger partial charge in [-0.3, -0.25) is 9.59 Å². The molecule has 2 aromatic carbocycles. The summed E-state index contributed by atoms with van der Waals surface area (Å²) in [6.45, 7) is 0.552. The van der Waals surface area contributed by atoms with Crippen molar-refractivity contribution in [1.82, 2.24) is 19.9 Å². The molecule has 0 aliphatic carbocycles. The average Bonchev–Trinajstić information content (AvgIpc) is 2.68. The minimum atomic E-state index is -0.876. The summed E-state index contributed by atoms with van der Waals surface area (Å²) < 4.78 is 29.0. The second-order valence-electron chi connectivity index (χ2n) is 6.48. The van der Waals surface area contributed by atoms with Gasteiger partial charge in [-0.25, -0.2) is 13.5 Å². The summed E-state index contributed by atoms with van der Waals surface area (Å²) in [6, 6.07) is 10.1. The summed E-state index contributed by atoms with van der Waals surface area (Å²) in [6.07, 6.45) is 0.906. The molecule has 1 saturated heterocycles. The van der Waals surface area contributed by atoms with Crippen LogP contribution in [-0.2, 0) is 0 Å². The first-order valence-electron chi connectivity index (χ1n) is 8.64. The molecule has 0 N–H and O–H groups in total. The van der Waals surface area contributed by atoms with Gasteiger partial charge in [0.1, 0.15) is 22.7 Å². The van der Waals surface area contributed by atoms with Crippen molar-refractivity contribution in [1.29, 1.82) is 0 Å². The van der Waals surface area contributed by atoms with E-state index in [2.05, 4.69) is 10.3 Å². The van der Waals surface area contributed by atoms with Gasteiger partial charge in [0, 0.05) is 13.1 Å². The lowest BCUT2D eigenvalue weighted by atomic mass is 10.0. The number of nitrogens with zero attached hydrogens (tertiary/aromatic N) is 4. The van der Waals surface area contributed by atoms with Crippen molar-refractivity contribution >= 4 is 16.8 Å². The molecular formula is C19H16F2N4O2. The van der Waals surface area contributed by atoms with E-state index in [1.54, 1.807) is 24.3 Å². The molecule has 0 radical (unpaired) electrons. The summed E-state index contributed by atoms with van der Waals surface area (Å²) in [5.74, 6) is -2.43. The zero-order valence-electron chi connectivity index (χ0n) is 14.3. The molecule has 1 fully saturated rings. The number of halogens is 2. The van der Waals surface area contributed by atoms with Crippen LogP contribution >= 0.6 is 0 Å². The van der Waals surface area contributed by atoms with Crippen molar-refractivity contribution in [3.63, 3.8) is 0 Å². The molecule has 8 heteroatoms. The third-order valence-corrected chi connectivity index (χ3v) is 4.87. The zero-order valence-corrected chi connectivity index (χ0v) is 14.3. The van der Waals surface area contributed by atoms with Crippen molar-refractivity contribution in [3.05, 3.63) is 70.0 Å². The van der Waals surface area contributed by atoms with Crippen LogP contribution in [0.3, 0.4) is 0 Å². The van der Waals surface area contributed by atoms with Crippen LogP contribution in [-0.4, -0.2) is 38.9 Å². The van der Waals surface area contributed by atoms with Crippen LogP contribution in [0.25, 0.3) is 10.9 Å². The second-order valence-corrected chi connectivity index (χ2v) is 6.48. The molecule has 1 amide bonds. The molecule has 3 aromatic rings. The van der Waals surface area contributed by atoms with Crippen LogP contribution in [0, 0.1) is 11.6 Å². The summed E-state index contributed by atoms with van der Waals surface area (Å²) in [7, 11) is 0. The van der Waals surface area contributed by atoms with E-state index in [1.165, 1.54) is 15.6 Å². The lowest BCUT2D eigenvalue weighted by Gasteiger charge is -2.32. The molecular weight excluding hydrogens is 354 g/mol. The van der Waals surface area contributed by atoms with Crippen LogP contribution in [0.4, 0.5) is 8.78 Å². The molecule has 27 heavy (non-hydrogen) atoms. The highest BCUT2D eigenvalue weighted by molar-refractivity contribution is 5.94. The third-order valence-electron chi connectivity index (χ3n) is 4.87. The number of likely N-dealkylation sites (tertiary alicyclic amines) is 1. The Morgan fingerprint density at radius 3 is 2.37 bits per heavy atom. The predicted octanol–water partition coefficient (Wildman–Crippen LogP) is 2.55. The Morgan fingerprint density at radius 1 is 1.00 bits per heavy atom. The van der Waals surface area contributed by atoms with E-state index in [0.29, 0.717) is 23.7 Å². The van der Waals surface area contributed by atoms with E-state index < -0.39 is 23.1 Å². The van der Waals surface area contributed by atoms with Crippen LogP contribution in [0.2, 0.25) is 0 Å². The molecule has 1 aliphatic heterocycles. The molecule has 1 aromatic heterocycles. The Balaban J connectivity index is 1.54. The SMILES string of the molecule is O=C(c1c(F)cccc1F)N1CCC(n2nnc3ccccc3c2=O)CC1. The minimum absolute atomic E-state index is 0.218. The molecule has 1 aliphatic rings. The maximum atomic E-state index is 13.8. The molecule has 0 spiro atoms. The summed E-state index contributed by atoms with van der Waals surface area (Å²) in [5.41, 5.74) is -0.245. The summed E-state index contributed by atoms with van der Waals surface area (Å²) in [5, 5.41) is 8.58. The van der Waals surface area contributed by atoms with Crippen molar-refractivity contribution < 1.29 is 13.6 Å². The number of piperidine rings is 1. The normalized spacial score (nSPS) is 15.3. The minimum Gasteiger partial charge on any atom is -0.338 e. The lowest BCUT2D eigenvalue weighted by molar-refractivity contribution is 0.0677. The van der Waals surface area contributed by atoms with Gasteiger partial charge < -0.3 is 4.90 Å². The smallest absolute Gasteiger partial charge is 0.277 e. The van der Waals surface area contributed by atoms with Gasteiger partial charge in [-0.15, -0.1) is 5.10 Å². The molecule has 138 valence electrons. The van der Waals surface area contributed by atoms with E-state index in [1.807, 2.05) is 0 Å². The highest BCUT2D eigenvalue weighted by Gasteiger charge is 2.29. The number of fused-ring (bicyclic) bond motifs is 1. The number of carbonyl (C=O) groups excluding carboxylic acids is 1. The first kappa shape index (κ1) is 17.3. The molecule has 0 saturated carbocycles. The fraction of sp³-hybridized carbons (Fsp3) is 0.263. The molecule has 0 bridgehead atoms. The average molecular weight is 370 g/mol. The zero-order chi connectivity index (χ0) is 19.0. The standard InChI is InChI=1S/C19H16F2N4O2/c20-14-5-3-6-15(21)17(14)19(27)24-10-8-12(9-11-24)25-18(26)13-4-1-2-7-16(13)22-23-25/h1-7,12H,8-11H2. The van der Waals surface area contributed by atoms with Gasteiger partial charge in [0.15, 0.2) is 0 Å². The van der Waals surface area contributed by atoms with E-state index in [9.17, 15) is 18.4 Å². The van der Waals surface area contributed by atoms with Crippen molar-refractivity contribution in [3.8, 4) is 0 Å². The Morgan fingerprint density at radius 2 is 1.67 bits per heavy atom. The molecule has 0 atom stereocenters. The third kappa shape index (κ3) is 3.07. The molecule has 2 heterocycles. The molecule has 4 rings (SSSR count). The summed E-state index contributed by atoms with van der Waals surface area (Å²) >= 11 is 0. The number of carbonyl (C=O) groups is 1. The first-order chi connectivity index (χ1) is 13.1. The van der Waals surface area contributed by atoms with Crippen molar-refractivity contribution in [2.24, 2.45) is 0 Å². The second kappa shape index (κ2) is 6.86. The molecule has 0 unspecified atom stereocenters. The van der Waals surface area contributed by atoms with Crippen LogP contribution in [0.15, 0.2) is 47.3 Å². The van der Waals surface area contributed by atoms with Crippen molar-refractivity contribution in [2.75, 3.05) is 13.1 Å².